The highest BCUT2D eigenvalue weighted by atomic mass is 35.5. The molecule has 0 aliphatic rings. The van der Waals surface area contributed by atoms with E-state index in [2.05, 4.69) is 4.98 Å². The minimum absolute atomic E-state index is 0.227. The summed E-state index contributed by atoms with van der Waals surface area (Å²) in [6, 6.07) is 8.79. The number of hydrogen-bond donors (Lipinski definition) is 1. The molecule has 0 saturated heterocycles. The summed E-state index contributed by atoms with van der Waals surface area (Å²) in [4.78, 5) is 3.09. The fourth-order valence-electron chi connectivity index (χ4n) is 1.31. The third-order valence-corrected chi connectivity index (χ3v) is 2.96. The van der Waals surface area contributed by atoms with E-state index >= 15 is 0 Å². The van der Waals surface area contributed by atoms with Crippen LogP contribution in [0.25, 0.3) is 11.3 Å². The molecule has 1 aromatic heterocycles. The summed E-state index contributed by atoms with van der Waals surface area (Å²) >= 11 is 3.76. The van der Waals surface area contributed by atoms with E-state index in [1.807, 2.05) is 18.2 Å². The molecule has 1 atom stereocenters. The third kappa shape index (κ3) is 2.12. The van der Waals surface area contributed by atoms with Gasteiger partial charge in [-0.25, -0.2) is 0 Å². The highest BCUT2D eigenvalue weighted by molar-refractivity contribution is 7.79. The van der Waals surface area contributed by atoms with Gasteiger partial charge in [0.1, 0.15) is 0 Å². The standard InChI is InChI=1S/C10H8ClNO2S/c11-9-4-2-1-3-8(9)10-5-7(6-12-10)15(13)14/h1-6,12H,(H,13,14)/p-1. The minimum atomic E-state index is -2.21. The van der Waals surface area contributed by atoms with Gasteiger partial charge in [-0.2, -0.15) is 0 Å². The van der Waals surface area contributed by atoms with E-state index in [1.54, 1.807) is 12.1 Å². The van der Waals surface area contributed by atoms with Crippen LogP contribution in [0.5, 0.6) is 0 Å². The Morgan fingerprint density at radius 3 is 2.67 bits per heavy atom. The fourth-order valence-corrected chi connectivity index (χ4v) is 1.91. The summed E-state index contributed by atoms with van der Waals surface area (Å²) in [6.07, 6.45) is 1.43. The maximum atomic E-state index is 10.7. The topological polar surface area (TPSA) is 55.9 Å². The number of aromatic amines is 1. The van der Waals surface area contributed by atoms with Crippen LogP contribution in [0.1, 0.15) is 0 Å². The van der Waals surface area contributed by atoms with Crippen LogP contribution in [-0.4, -0.2) is 13.7 Å². The maximum Gasteiger partial charge on any atom is 0.0499 e. The Morgan fingerprint density at radius 1 is 1.33 bits per heavy atom. The molecule has 1 unspecified atom stereocenters. The van der Waals surface area contributed by atoms with E-state index in [4.69, 9.17) is 11.6 Å². The quantitative estimate of drug-likeness (QED) is 0.821. The molecule has 2 aromatic rings. The molecule has 0 fully saturated rings. The summed E-state index contributed by atoms with van der Waals surface area (Å²) in [5.41, 5.74) is 1.48. The van der Waals surface area contributed by atoms with Crippen LogP contribution in [0.4, 0.5) is 0 Å². The van der Waals surface area contributed by atoms with Crippen LogP contribution in [0, 0.1) is 0 Å². The molecule has 2 rings (SSSR count). The summed E-state index contributed by atoms with van der Waals surface area (Å²) in [5, 5.41) is 0.586. The molecule has 1 aromatic carbocycles. The molecular formula is C10H7ClNO2S-. The minimum Gasteiger partial charge on any atom is -0.768 e. The number of benzene rings is 1. The molecule has 0 aliphatic carbocycles. The Labute approximate surface area is 94.4 Å². The van der Waals surface area contributed by atoms with E-state index in [0.717, 1.165) is 5.56 Å². The molecule has 0 bridgehead atoms. The van der Waals surface area contributed by atoms with Gasteiger partial charge in [0.15, 0.2) is 0 Å². The van der Waals surface area contributed by atoms with Gasteiger partial charge in [0.2, 0.25) is 0 Å². The molecule has 0 saturated carbocycles. The molecule has 0 spiro atoms. The van der Waals surface area contributed by atoms with Gasteiger partial charge in [0, 0.05) is 27.4 Å². The average molecular weight is 241 g/mol. The summed E-state index contributed by atoms with van der Waals surface area (Å²) in [5.74, 6) is 0. The molecular weight excluding hydrogens is 234 g/mol. The average Bonchev–Trinajstić information content (AvgIpc) is 2.67. The van der Waals surface area contributed by atoms with Gasteiger partial charge in [0.05, 0.1) is 0 Å². The zero-order valence-electron chi connectivity index (χ0n) is 7.57. The number of nitrogens with one attached hydrogen (secondary N) is 1. The van der Waals surface area contributed by atoms with Gasteiger partial charge in [0.25, 0.3) is 0 Å². The summed E-state index contributed by atoms with van der Waals surface area (Å²) < 4.78 is 21.4. The second-order valence-electron chi connectivity index (χ2n) is 2.96. The fraction of sp³-hybridized carbons (Fsp3) is 0. The Balaban J connectivity index is 2.46. The van der Waals surface area contributed by atoms with Crippen molar-refractivity contribution in [2.75, 3.05) is 0 Å². The van der Waals surface area contributed by atoms with Crippen LogP contribution < -0.4 is 0 Å². The predicted molar refractivity (Wildman–Crippen MR) is 58.4 cm³/mol. The Morgan fingerprint density at radius 2 is 2.07 bits per heavy atom. The number of H-pyrrole nitrogens is 1. The lowest BCUT2D eigenvalue weighted by atomic mass is 10.1. The van der Waals surface area contributed by atoms with Crippen LogP contribution in [-0.2, 0) is 11.1 Å². The van der Waals surface area contributed by atoms with Crippen molar-refractivity contribution in [2.24, 2.45) is 0 Å². The molecule has 15 heavy (non-hydrogen) atoms. The van der Waals surface area contributed by atoms with Crippen molar-refractivity contribution in [3.8, 4) is 11.3 Å². The second-order valence-corrected chi connectivity index (χ2v) is 4.31. The first-order valence-electron chi connectivity index (χ1n) is 4.21. The zero-order valence-corrected chi connectivity index (χ0v) is 9.14. The van der Waals surface area contributed by atoms with Crippen LogP contribution in [0.3, 0.4) is 0 Å². The molecule has 0 amide bonds. The molecule has 1 heterocycles. The number of halogens is 1. The largest absolute Gasteiger partial charge is 0.768 e. The van der Waals surface area contributed by atoms with Crippen molar-refractivity contribution in [3.05, 3.63) is 41.6 Å². The lowest BCUT2D eigenvalue weighted by Crippen LogP contribution is -1.83. The van der Waals surface area contributed by atoms with E-state index in [0.29, 0.717) is 10.7 Å². The molecule has 3 nitrogen and oxygen atoms in total. The van der Waals surface area contributed by atoms with Gasteiger partial charge in [-0.05, 0) is 23.2 Å². The molecule has 0 radical (unpaired) electrons. The first-order chi connectivity index (χ1) is 7.18. The molecule has 78 valence electrons. The van der Waals surface area contributed by atoms with Crippen molar-refractivity contribution in [3.63, 3.8) is 0 Å². The normalized spacial score (nSPS) is 12.7. The van der Waals surface area contributed by atoms with Crippen molar-refractivity contribution < 1.29 is 8.76 Å². The number of rotatable bonds is 2. The molecule has 5 heteroatoms. The van der Waals surface area contributed by atoms with E-state index < -0.39 is 11.1 Å². The van der Waals surface area contributed by atoms with Gasteiger partial charge in [-0.15, -0.1) is 0 Å². The van der Waals surface area contributed by atoms with Crippen molar-refractivity contribution >= 4 is 22.7 Å². The highest BCUT2D eigenvalue weighted by Gasteiger charge is 2.05. The predicted octanol–water partition coefficient (Wildman–Crippen LogP) is 2.57. The van der Waals surface area contributed by atoms with Crippen LogP contribution in [0.15, 0.2) is 41.4 Å². The molecule has 1 N–H and O–H groups in total. The monoisotopic (exact) mass is 240 g/mol. The smallest absolute Gasteiger partial charge is 0.0499 e. The van der Waals surface area contributed by atoms with Crippen LogP contribution >= 0.6 is 11.6 Å². The SMILES string of the molecule is O=S([O-])c1c[nH]c(-c2ccccc2Cl)c1. The third-order valence-electron chi connectivity index (χ3n) is 2.01. The van der Waals surface area contributed by atoms with E-state index in [-0.39, 0.29) is 4.90 Å². The zero-order chi connectivity index (χ0) is 10.8. The first-order valence-corrected chi connectivity index (χ1v) is 5.66. The van der Waals surface area contributed by atoms with E-state index in [9.17, 15) is 8.76 Å². The summed E-state index contributed by atoms with van der Waals surface area (Å²) in [6.45, 7) is 0. The number of aromatic nitrogens is 1. The van der Waals surface area contributed by atoms with Gasteiger partial charge in [-0.3, -0.25) is 4.21 Å². The lowest BCUT2D eigenvalue weighted by molar-refractivity contribution is 0.537. The molecule has 0 aliphatic heterocycles. The van der Waals surface area contributed by atoms with Gasteiger partial charge < -0.3 is 9.54 Å². The number of hydrogen-bond acceptors (Lipinski definition) is 2. The second kappa shape index (κ2) is 4.18. The lowest BCUT2D eigenvalue weighted by Gasteiger charge is -2.00. The maximum absolute atomic E-state index is 10.7. The Bertz CT molecular complexity index is 510. The Kier molecular flexibility index (Phi) is 2.90. The Hall–Kier alpha value is -1.10. The highest BCUT2D eigenvalue weighted by Crippen LogP contribution is 2.27. The van der Waals surface area contributed by atoms with Gasteiger partial charge >= 0.3 is 0 Å². The van der Waals surface area contributed by atoms with E-state index in [1.165, 1.54) is 6.20 Å². The van der Waals surface area contributed by atoms with Crippen molar-refractivity contribution in [1.82, 2.24) is 4.98 Å². The summed E-state index contributed by atoms with van der Waals surface area (Å²) in [7, 11) is 0. The van der Waals surface area contributed by atoms with Gasteiger partial charge in [-0.1, -0.05) is 29.8 Å². The van der Waals surface area contributed by atoms with Crippen LogP contribution in [0.2, 0.25) is 5.02 Å². The van der Waals surface area contributed by atoms with Crippen molar-refractivity contribution in [2.45, 2.75) is 4.90 Å². The first kappa shape index (κ1) is 10.4. The van der Waals surface area contributed by atoms with Crippen molar-refractivity contribution in [1.29, 1.82) is 0 Å².